The van der Waals surface area contributed by atoms with E-state index in [-0.39, 0.29) is 32.3 Å². The van der Waals surface area contributed by atoms with Crippen molar-refractivity contribution in [2.45, 2.75) is 9.79 Å². The molecule has 6 aromatic rings. The van der Waals surface area contributed by atoms with Gasteiger partial charge in [0.1, 0.15) is 0 Å². The van der Waals surface area contributed by atoms with Gasteiger partial charge in [0.15, 0.2) is 0 Å². The lowest BCUT2D eigenvalue weighted by molar-refractivity contribution is 0.0592. The van der Waals surface area contributed by atoms with Crippen LogP contribution >= 0.6 is 0 Å². The molecule has 0 radical (unpaired) electrons. The minimum Gasteiger partial charge on any atom is -0.465 e. The number of fused-ring (bicyclic) bond motifs is 2. The summed E-state index contributed by atoms with van der Waals surface area (Å²) in [6.07, 6.45) is 0. The Morgan fingerprint density at radius 1 is 0.462 bits per heavy atom. The molecule has 264 valence electrons. The molecule has 0 unspecified atom stereocenters. The minimum absolute atomic E-state index is 0.00429. The molecule has 0 heterocycles. The molecule has 13 nitrogen and oxygen atoms in total. The fourth-order valence-electron chi connectivity index (χ4n) is 5.31. The standard InChI is InChI=1S/C37H30N4O9S2/c1-49-35(42)27-5-3-7-31(19-27)40-51(45,46)33-15-11-23-17-29(13-9-25(23)21-33)38-37(44)39-30-14-10-26-22-34(16-12-24(26)18-30)52(47,48)41-32-8-4-6-28(20-32)36(43)50-2/h3-22,40-41H,1-2H3,(H2,38,39,44). The number of anilines is 4. The minimum atomic E-state index is -3.99. The van der Waals surface area contributed by atoms with Crippen LogP contribution in [0.2, 0.25) is 0 Å². The van der Waals surface area contributed by atoms with Gasteiger partial charge in [0.25, 0.3) is 20.0 Å². The van der Waals surface area contributed by atoms with E-state index in [9.17, 15) is 31.2 Å². The highest BCUT2D eigenvalue weighted by Gasteiger charge is 2.18. The highest BCUT2D eigenvalue weighted by Crippen LogP contribution is 2.27. The first-order valence-electron chi connectivity index (χ1n) is 15.4. The Hall–Kier alpha value is -6.45. The van der Waals surface area contributed by atoms with Crippen LogP contribution in [0.25, 0.3) is 21.5 Å². The quantitative estimate of drug-likeness (QED) is 0.110. The molecular formula is C37H30N4O9S2. The highest BCUT2D eigenvalue weighted by atomic mass is 32.2. The maximum Gasteiger partial charge on any atom is 0.337 e. The van der Waals surface area contributed by atoms with Gasteiger partial charge in [-0.3, -0.25) is 9.44 Å². The van der Waals surface area contributed by atoms with Crippen molar-refractivity contribution in [3.8, 4) is 0 Å². The van der Waals surface area contributed by atoms with Gasteiger partial charge in [-0.2, -0.15) is 0 Å². The number of amides is 2. The zero-order valence-electron chi connectivity index (χ0n) is 27.5. The van der Waals surface area contributed by atoms with Gasteiger partial charge in [0.2, 0.25) is 0 Å². The van der Waals surface area contributed by atoms with Crippen molar-refractivity contribution in [2.24, 2.45) is 0 Å². The number of benzene rings is 6. The third kappa shape index (κ3) is 7.96. The molecule has 0 fully saturated rings. The van der Waals surface area contributed by atoms with Crippen LogP contribution in [-0.2, 0) is 29.5 Å². The van der Waals surface area contributed by atoms with Gasteiger partial charge >= 0.3 is 18.0 Å². The Morgan fingerprint density at radius 2 is 0.846 bits per heavy atom. The number of ether oxygens (including phenoxy) is 2. The first-order valence-corrected chi connectivity index (χ1v) is 18.4. The number of urea groups is 1. The molecule has 0 aliphatic rings. The van der Waals surface area contributed by atoms with E-state index in [2.05, 4.69) is 20.1 Å². The maximum atomic E-state index is 13.1. The summed E-state index contributed by atoms with van der Waals surface area (Å²) >= 11 is 0. The first-order chi connectivity index (χ1) is 24.8. The number of carbonyl (C=O) groups excluding carboxylic acids is 3. The fourth-order valence-corrected chi connectivity index (χ4v) is 7.48. The fraction of sp³-hybridized carbons (Fsp3) is 0.0541. The van der Waals surface area contributed by atoms with Crippen molar-refractivity contribution >= 4 is 82.3 Å². The summed E-state index contributed by atoms with van der Waals surface area (Å²) in [5, 5.41) is 8.08. The number of rotatable bonds is 10. The number of nitrogens with one attached hydrogen (secondary N) is 4. The lowest BCUT2D eigenvalue weighted by atomic mass is 10.1. The summed E-state index contributed by atoms with van der Waals surface area (Å²) in [6, 6.07) is 30.5. The number of carbonyl (C=O) groups is 3. The second-order valence-electron chi connectivity index (χ2n) is 11.4. The third-order valence-electron chi connectivity index (χ3n) is 7.83. The molecule has 6 aromatic carbocycles. The number of hydrogen-bond donors (Lipinski definition) is 4. The molecule has 0 aromatic heterocycles. The van der Waals surface area contributed by atoms with Crippen molar-refractivity contribution in [3.05, 3.63) is 132 Å². The Kier molecular flexibility index (Phi) is 9.81. The molecule has 0 saturated carbocycles. The van der Waals surface area contributed by atoms with Gasteiger partial charge in [-0.25, -0.2) is 31.2 Å². The molecule has 4 N–H and O–H groups in total. The molecule has 2 amide bonds. The third-order valence-corrected chi connectivity index (χ3v) is 10.6. The predicted octanol–water partition coefficient (Wildman–Crippen LogP) is 6.81. The van der Waals surface area contributed by atoms with Crippen LogP contribution < -0.4 is 20.1 Å². The van der Waals surface area contributed by atoms with Crippen LogP contribution in [-0.4, -0.2) is 49.0 Å². The van der Waals surface area contributed by atoms with Gasteiger partial charge in [-0.05, 0) is 106 Å². The smallest absolute Gasteiger partial charge is 0.337 e. The van der Waals surface area contributed by atoms with E-state index >= 15 is 0 Å². The van der Waals surface area contributed by atoms with E-state index in [1.807, 2.05) is 0 Å². The van der Waals surface area contributed by atoms with Crippen molar-refractivity contribution in [2.75, 3.05) is 34.3 Å². The Labute approximate surface area is 298 Å². The molecule has 0 spiro atoms. The Balaban J connectivity index is 1.11. The number of methoxy groups -OCH3 is 2. The van der Waals surface area contributed by atoms with Gasteiger partial charge < -0.3 is 20.1 Å². The Morgan fingerprint density at radius 3 is 1.25 bits per heavy atom. The predicted molar refractivity (Wildman–Crippen MR) is 198 cm³/mol. The number of sulfonamides is 2. The van der Waals surface area contributed by atoms with E-state index in [4.69, 9.17) is 9.47 Å². The highest BCUT2D eigenvalue weighted by molar-refractivity contribution is 7.93. The van der Waals surface area contributed by atoms with Crippen LogP contribution in [0.3, 0.4) is 0 Å². The van der Waals surface area contributed by atoms with Crippen molar-refractivity contribution in [3.63, 3.8) is 0 Å². The summed E-state index contributed by atoms with van der Waals surface area (Å²) < 4.78 is 66.7. The van der Waals surface area contributed by atoms with E-state index in [0.717, 1.165) is 0 Å². The second kappa shape index (κ2) is 14.4. The van der Waals surface area contributed by atoms with E-state index in [0.29, 0.717) is 32.9 Å². The second-order valence-corrected chi connectivity index (χ2v) is 14.7. The van der Waals surface area contributed by atoms with Crippen molar-refractivity contribution in [1.29, 1.82) is 0 Å². The molecule has 0 atom stereocenters. The molecule has 52 heavy (non-hydrogen) atoms. The zero-order valence-corrected chi connectivity index (χ0v) is 29.2. The van der Waals surface area contributed by atoms with E-state index in [1.165, 1.54) is 87.0 Å². The average molecular weight is 739 g/mol. The van der Waals surface area contributed by atoms with Gasteiger partial charge in [0, 0.05) is 22.7 Å². The molecule has 0 saturated heterocycles. The monoisotopic (exact) mass is 738 g/mol. The topological polar surface area (TPSA) is 186 Å². The van der Waals surface area contributed by atoms with Crippen LogP contribution in [0.1, 0.15) is 20.7 Å². The van der Waals surface area contributed by atoms with Crippen LogP contribution in [0, 0.1) is 0 Å². The lowest BCUT2D eigenvalue weighted by Crippen LogP contribution is -2.19. The number of esters is 2. The summed E-state index contributed by atoms with van der Waals surface area (Å²) in [7, 11) is -5.51. The zero-order chi connectivity index (χ0) is 37.0. The number of hydrogen-bond acceptors (Lipinski definition) is 9. The molecule has 0 aliphatic heterocycles. The first kappa shape index (κ1) is 35.4. The van der Waals surface area contributed by atoms with Crippen molar-refractivity contribution in [1.82, 2.24) is 0 Å². The molecular weight excluding hydrogens is 709 g/mol. The summed E-state index contributed by atoms with van der Waals surface area (Å²) in [5.74, 6) is -1.19. The molecule has 0 bridgehead atoms. The molecule has 0 aliphatic carbocycles. The van der Waals surface area contributed by atoms with Gasteiger partial charge in [-0.1, -0.05) is 36.4 Å². The SMILES string of the molecule is COC(=O)c1cccc(NS(=O)(=O)c2ccc3cc(NC(=O)Nc4ccc5cc(S(=O)(=O)Nc6cccc(C(=O)OC)c6)ccc5c4)ccc3c2)c1. The Bertz CT molecular complexity index is 2430. The van der Waals surface area contributed by atoms with Crippen molar-refractivity contribution < 1.29 is 40.7 Å². The van der Waals surface area contributed by atoms with Crippen LogP contribution in [0.4, 0.5) is 27.5 Å². The lowest BCUT2D eigenvalue weighted by Gasteiger charge is -2.12. The summed E-state index contributed by atoms with van der Waals surface area (Å²) in [5.41, 5.74) is 1.71. The van der Waals surface area contributed by atoms with Crippen LogP contribution in [0.5, 0.6) is 0 Å². The van der Waals surface area contributed by atoms with Gasteiger partial charge in [-0.15, -0.1) is 0 Å². The van der Waals surface area contributed by atoms with Crippen LogP contribution in [0.15, 0.2) is 131 Å². The summed E-state index contributed by atoms with van der Waals surface area (Å²) in [6.45, 7) is 0. The molecule has 6 rings (SSSR count). The normalized spacial score (nSPS) is 11.4. The van der Waals surface area contributed by atoms with E-state index in [1.54, 1.807) is 48.5 Å². The van der Waals surface area contributed by atoms with Gasteiger partial charge in [0.05, 0.1) is 35.1 Å². The largest absolute Gasteiger partial charge is 0.465 e. The van der Waals surface area contributed by atoms with E-state index < -0.39 is 38.0 Å². The summed E-state index contributed by atoms with van der Waals surface area (Å²) in [4.78, 5) is 36.6. The molecule has 15 heteroatoms. The average Bonchev–Trinajstić information content (AvgIpc) is 3.13. The maximum absolute atomic E-state index is 13.1.